The van der Waals surface area contributed by atoms with Crippen LogP contribution in [0.15, 0.2) is 42.5 Å². The summed E-state index contributed by atoms with van der Waals surface area (Å²) in [6, 6.07) is -0.659. The smallest absolute Gasteiger partial charge is 0.416 e. The zero-order valence-corrected chi connectivity index (χ0v) is 15.3. The lowest BCUT2D eigenvalue weighted by Crippen LogP contribution is -2.37. The van der Waals surface area contributed by atoms with Crippen molar-refractivity contribution in [1.29, 1.82) is 0 Å². The van der Waals surface area contributed by atoms with Crippen molar-refractivity contribution in [2.45, 2.75) is 24.6 Å². The number of carbonyl (C=O) groups excluding carboxylic acids is 1. The first-order valence-corrected chi connectivity index (χ1v) is 8.25. The number of carbonyl (C=O) groups is 2. The summed E-state index contributed by atoms with van der Waals surface area (Å²) in [4.78, 5) is 23.4. The lowest BCUT2D eigenvalue weighted by Gasteiger charge is -2.18. The summed E-state index contributed by atoms with van der Waals surface area (Å²) in [6.45, 7) is 0. The van der Waals surface area contributed by atoms with Crippen molar-refractivity contribution in [3.05, 3.63) is 64.7 Å². The van der Waals surface area contributed by atoms with Crippen LogP contribution in [0.1, 0.15) is 28.3 Å². The van der Waals surface area contributed by atoms with Gasteiger partial charge in [0, 0.05) is 5.69 Å². The van der Waals surface area contributed by atoms with Crippen molar-refractivity contribution in [2.24, 2.45) is 0 Å². The van der Waals surface area contributed by atoms with E-state index in [0.717, 1.165) is 12.1 Å². The summed E-state index contributed by atoms with van der Waals surface area (Å²) < 4.78 is 116. The number of amides is 2. The highest BCUT2D eigenvalue weighted by Gasteiger charge is 2.37. The predicted molar refractivity (Wildman–Crippen MR) is 90.4 cm³/mol. The zero-order chi connectivity index (χ0) is 24.5. The van der Waals surface area contributed by atoms with E-state index in [9.17, 15) is 54.2 Å². The maximum absolute atomic E-state index is 12.9. The van der Waals surface area contributed by atoms with Crippen LogP contribution in [0.5, 0.6) is 0 Å². The van der Waals surface area contributed by atoms with E-state index in [0.29, 0.717) is 12.1 Å². The lowest BCUT2D eigenvalue weighted by atomic mass is 10.0. The molecule has 14 heteroatoms. The van der Waals surface area contributed by atoms with Crippen LogP contribution in [-0.4, -0.2) is 17.1 Å². The molecule has 0 saturated heterocycles. The normalized spacial score (nSPS) is 13.4. The monoisotopic (exact) mass is 474 g/mol. The van der Waals surface area contributed by atoms with E-state index in [2.05, 4.69) is 0 Å². The number of hydrogen-bond donors (Lipinski definition) is 3. The van der Waals surface area contributed by atoms with Crippen LogP contribution in [0.3, 0.4) is 0 Å². The molecule has 174 valence electrons. The molecule has 2 aromatic carbocycles. The molecule has 0 aliphatic heterocycles. The van der Waals surface area contributed by atoms with Gasteiger partial charge < -0.3 is 15.7 Å². The molecule has 0 radical (unpaired) electrons. The fraction of sp³-hybridized carbons (Fsp3) is 0.222. The third kappa shape index (κ3) is 6.28. The minimum Gasteiger partial charge on any atom is -0.479 e. The highest BCUT2D eigenvalue weighted by atomic mass is 19.4. The number of carboxylic acid groups (broad SMARTS) is 1. The maximum atomic E-state index is 12.9. The molecule has 2 rings (SSSR count). The summed E-state index contributed by atoms with van der Waals surface area (Å²) in [5.41, 5.74) is -6.23. The first kappa shape index (κ1) is 24.8. The number of aliphatic carboxylic acids is 1. The molecule has 2 amide bonds. The van der Waals surface area contributed by atoms with Gasteiger partial charge in [-0.05, 0) is 35.9 Å². The van der Waals surface area contributed by atoms with E-state index < -0.39 is 64.5 Å². The number of carboxylic acids is 1. The number of hydrogen-bond acceptors (Lipinski definition) is 2. The minimum absolute atomic E-state index is 0.175. The summed E-state index contributed by atoms with van der Waals surface area (Å²) in [5.74, 6) is -1.83. The summed E-state index contributed by atoms with van der Waals surface area (Å²) in [6.07, 6.45) is -15.2. The molecule has 5 nitrogen and oxygen atoms in total. The molecule has 0 bridgehead atoms. The summed E-state index contributed by atoms with van der Waals surface area (Å²) >= 11 is 0. The number of benzene rings is 2. The van der Waals surface area contributed by atoms with Gasteiger partial charge in [-0.3, -0.25) is 0 Å². The van der Waals surface area contributed by atoms with Crippen LogP contribution in [0.2, 0.25) is 0 Å². The first-order valence-electron chi connectivity index (χ1n) is 8.25. The van der Waals surface area contributed by atoms with Gasteiger partial charge in [0.2, 0.25) is 0 Å². The third-order valence-corrected chi connectivity index (χ3v) is 3.92. The Morgan fingerprint density at radius 2 is 1.25 bits per heavy atom. The van der Waals surface area contributed by atoms with Crippen LogP contribution in [0.4, 0.5) is 50.0 Å². The fourth-order valence-corrected chi connectivity index (χ4v) is 2.51. The van der Waals surface area contributed by atoms with Crippen LogP contribution in [0, 0.1) is 0 Å². The van der Waals surface area contributed by atoms with Crippen molar-refractivity contribution >= 4 is 17.7 Å². The molecule has 0 aliphatic carbocycles. The maximum Gasteiger partial charge on any atom is 0.416 e. The molecule has 0 heterocycles. The molecule has 3 N–H and O–H groups in total. The Morgan fingerprint density at radius 1 is 0.750 bits per heavy atom. The van der Waals surface area contributed by atoms with Crippen LogP contribution in [-0.2, 0) is 23.3 Å². The zero-order valence-electron chi connectivity index (χ0n) is 15.3. The average Bonchev–Trinajstić information content (AvgIpc) is 2.63. The predicted octanol–water partition coefficient (Wildman–Crippen LogP) is 5.69. The fourth-order valence-electron chi connectivity index (χ4n) is 2.51. The number of anilines is 1. The number of rotatable bonds is 4. The van der Waals surface area contributed by atoms with Gasteiger partial charge in [0.15, 0.2) is 6.04 Å². The number of alkyl halides is 9. The molecule has 1 unspecified atom stereocenters. The second kappa shape index (κ2) is 8.59. The largest absolute Gasteiger partial charge is 0.479 e. The molecule has 0 aliphatic rings. The topological polar surface area (TPSA) is 78.4 Å². The number of urea groups is 1. The molecule has 0 spiro atoms. The van der Waals surface area contributed by atoms with Gasteiger partial charge in [-0.2, -0.15) is 39.5 Å². The SMILES string of the molecule is O=C(Nc1cc(C(F)(F)F)cc(C(F)(F)F)c1)NC(C(=O)O)c1cccc(C(F)(F)F)c1. The molecular weight excluding hydrogens is 463 g/mol. The first-order chi connectivity index (χ1) is 14.5. The quantitative estimate of drug-likeness (QED) is 0.499. The molecule has 32 heavy (non-hydrogen) atoms. The van der Waals surface area contributed by atoms with Gasteiger partial charge in [0.05, 0.1) is 16.7 Å². The van der Waals surface area contributed by atoms with Gasteiger partial charge in [-0.1, -0.05) is 12.1 Å². The van der Waals surface area contributed by atoms with E-state index in [1.807, 2.05) is 0 Å². The number of halogens is 9. The van der Waals surface area contributed by atoms with E-state index in [-0.39, 0.29) is 18.2 Å². The molecular formula is C18H11F9N2O3. The minimum atomic E-state index is -5.20. The Balaban J connectivity index is 2.33. The van der Waals surface area contributed by atoms with Crippen LogP contribution >= 0.6 is 0 Å². The lowest BCUT2D eigenvalue weighted by molar-refractivity contribution is -0.143. The van der Waals surface area contributed by atoms with Crippen molar-refractivity contribution in [3.8, 4) is 0 Å². The Hall–Kier alpha value is -3.45. The van der Waals surface area contributed by atoms with Crippen molar-refractivity contribution in [2.75, 3.05) is 5.32 Å². The average molecular weight is 474 g/mol. The second-order valence-electron chi connectivity index (χ2n) is 6.29. The molecule has 0 saturated carbocycles. The summed E-state index contributed by atoms with van der Waals surface area (Å²) in [5, 5.41) is 12.5. The van der Waals surface area contributed by atoms with Gasteiger partial charge in [-0.15, -0.1) is 0 Å². The van der Waals surface area contributed by atoms with Gasteiger partial charge in [-0.25, -0.2) is 9.59 Å². The van der Waals surface area contributed by atoms with Gasteiger partial charge >= 0.3 is 30.5 Å². The highest BCUT2D eigenvalue weighted by molar-refractivity contribution is 5.92. The Morgan fingerprint density at radius 3 is 1.69 bits per heavy atom. The molecule has 2 aromatic rings. The van der Waals surface area contributed by atoms with Crippen LogP contribution < -0.4 is 10.6 Å². The Labute approximate surface area is 172 Å². The van der Waals surface area contributed by atoms with Gasteiger partial charge in [0.25, 0.3) is 0 Å². The van der Waals surface area contributed by atoms with Crippen LogP contribution in [0.25, 0.3) is 0 Å². The van der Waals surface area contributed by atoms with Crippen molar-refractivity contribution < 1.29 is 54.2 Å². The molecule has 1 atom stereocenters. The van der Waals surface area contributed by atoms with E-state index in [4.69, 9.17) is 0 Å². The Kier molecular flexibility index (Phi) is 6.66. The second-order valence-corrected chi connectivity index (χ2v) is 6.29. The molecule has 0 aromatic heterocycles. The van der Waals surface area contributed by atoms with E-state index in [1.165, 1.54) is 0 Å². The Bertz CT molecular complexity index is 982. The van der Waals surface area contributed by atoms with Gasteiger partial charge in [0.1, 0.15) is 0 Å². The van der Waals surface area contributed by atoms with E-state index in [1.54, 1.807) is 10.6 Å². The standard InChI is InChI=1S/C18H11F9N2O3/c19-16(20,21)9-3-1-2-8(4-9)13(14(30)31)29-15(32)28-12-6-10(17(22,23)24)5-11(7-12)18(25,26)27/h1-7,13H,(H,30,31)(H2,28,29,32). The molecule has 0 fully saturated rings. The third-order valence-electron chi connectivity index (χ3n) is 3.92. The number of nitrogens with one attached hydrogen (secondary N) is 2. The van der Waals surface area contributed by atoms with Crippen molar-refractivity contribution in [3.63, 3.8) is 0 Å². The summed E-state index contributed by atoms with van der Waals surface area (Å²) in [7, 11) is 0. The van der Waals surface area contributed by atoms with Crippen molar-refractivity contribution in [1.82, 2.24) is 5.32 Å². The highest BCUT2D eigenvalue weighted by Crippen LogP contribution is 2.37. The van der Waals surface area contributed by atoms with E-state index >= 15 is 0 Å².